The number of fused-ring (bicyclic) bond motifs is 3. The minimum absolute atomic E-state index is 0.0244. The molecule has 3 heterocycles. The molecule has 10 heteroatoms. The summed E-state index contributed by atoms with van der Waals surface area (Å²) in [5.41, 5.74) is 1.59. The van der Waals surface area contributed by atoms with E-state index >= 15 is 0 Å². The molecule has 3 aliphatic heterocycles. The average Bonchev–Trinajstić information content (AvgIpc) is 3.30. The van der Waals surface area contributed by atoms with E-state index in [0.717, 1.165) is 5.56 Å². The predicted octanol–water partition coefficient (Wildman–Crippen LogP) is 0.0660. The molecular formula is C18H21N3O5S2. The number of sulfone groups is 1. The van der Waals surface area contributed by atoms with Crippen LogP contribution in [-0.4, -0.2) is 66.9 Å². The molecular weight excluding hydrogens is 402 g/mol. The molecule has 150 valence electrons. The van der Waals surface area contributed by atoms with Gasteiger partial charge in [-0.2, -0.15) is 0 Å². The predicted molar refractivity (Wildman–Crippen MR) is 104 cm³/mol. The number of hydrogen-bond acceptors (Lipinski definition) is 6. The summed E-state index contributed by atoms with van der Waals surface area (Å²) in [5.74, 6) is -0.0998. The van der Waals surface area contributed by atoms with Crippen LogP contribution in [0.5, 0.6) is 0 Å². The number of nitrogens with one attached hydrogen (secondary N) is 2. The first-order chi connectivity index (χ1) is 13.4. The van der Waals surface area contributed by atoms with Crippen LogP contribution in [0, 0.1) is 0 Å². The molecule has 28 heavy (non-hydrogen) atoms. The van der Waals surface area contributed by atoms with Gasteiger partial charge in [0.1, 0.15) is 11.4 Å². The zero-order valence-electron chi connectivity index (χ0n) is 15.1. The lowest BCUT2D eigenvalue weighted by atomic mass is 10.1. The van der Waals surface area contributed by atoms with Crippen molar-refractivity contribution in [3.8, 4) is 0 Å². The Bertz CT molecular complexity index is 933. The molecule has 3 aliphatic rings. The first-order valence-corrected chi connectivity index (χ1v) is 12.0. The van der Waals surface area contributed by atoms with E-state index in [1.165, 1.54) is 0 Å². The van der Waals surface area contributed by atoms with Crippen molar-refractivity contribution in [2.75, 3.05) is 23.8 Å². The van der Waals surface area contributed by atoms with Crippen molar-refractivity contribution in [1.82, 2.24) is 15.5 Å². The van der Waals surface area contributed by atoms with Crippen LogP contribution < -0.4 is 10.6 Å². The lowest BCUT2D eigenvalue weighted by Crippen LogP contribution is -2.47. The summed E-state index contributed by atoms with van der Waals surface area (Å²) in [6.07, 6.45) is 0.499. The number of rotatable bonds is 5. The monoisotopic (exact) mass is 423 g/mol. The lowest BCUT2D eigenvalue weighted by Gasteiger charge is -2.22. The van der Waals surface area contributed by atoms with Gasteiger partial charge in [-0.25, -0.2) is 8.42 Å². The van der Waals surface area contributed by atoms with Crippen molar-refractivity contribution in [1.29, 1.82) is 0 Å². The van der Waals surface area contributed by atoms with Crippen LogP contribution in [0.15, 0.2) is 24.3 Å². The van der Waals surface area contributed by atoms with Gasteiger partial charge in [0.15, 0.2) is 9.84 Å². The highest BCUT2D eigenvalue weighted by Gasteiger charge is 2.48. The molecule has 4 rings (SSSR count). The third-order valence-corrected chi connectivity index (χ3v) is 8.32. The Morgan fingerprint density at radius 3 is 2.79 bits per heavy atom. The van der Waals surface area contributed by atoms with Crippen molar-refractivity contribution in [3.05, 3.63) is 35.4 Å². The smallest absolute Gasteiger partial charge is 0.256 e. The summed E-state index contributed by atoms with van der Waals surface area (Å²) in [5, 5.41) is 5.29. The van der Waals surface area contributed by atoms with Crippen LogP contribution in [0.3, 0.4) is 0 Å². The zero-order valence-corrected chi connectivity index (χ0v) is 16.7. The van der Waals surface area contributed by atoms with Gasteiger partial charge >= 0.3 is 0 Å². The molecule has 0 aliphatic carbocycles. The molecule has 0 aromatic heterocycles. The molecule has 8 nitrogen and oxygen atoms in total. The summed E-state index contributed by atoms with van der Waals surface area (Å²) in [6, 6.07) is 6.49. The van der Waals surface area contributed by atoms with Gasteiger partial charge < -0.3 is 15.5 Å². The van der Waals surface area contributed by atoms with Crippen LogP contribution in [0.25, 0.3) is 0 Å². The van der Waals surface area contributed by atoms with Crippen molar-refractivity contribution < 1.29 is 22.8 Å². The van der Waals surface area contributed by atoms with E-state index in [2.05, 4.69) is 10.6 Å². The molecule has 2 N–H and O–H groups in total. The molecule has 3 amide bonds. The molecule has 0 bridgehead atoms. The average molecular weight is 424 g/mol. The molecule has 0 spiro atoms. The molecule has 2 fully saturated rings. The van der Waals surface area contributed by atoms with Gasteiger partial charge in [0, 0.05) is 30.3 Å². The number of carbonyl (C=O) groups excluding carboxylic acids is 3. The molecule has 1 aromatic carbocycles. The highest BCUT2D eigenvalue weighted by atomic mass is 32.2. The van der Waals surface area contributed by atoms with Crippen molar-refractivity contribution >= 4 is 39.3 Å². The Kier molecular flexibility index (Phi) is 5.09. The number of benzene rings is 1. The van der Waals surface area contributed by atoms with Crippen LogP contribution in [-0.2, 0) is 19.4 Å². The Morgan fingerprint density at radius 2 is 2.04 bits per heavy atom. The second-order valence-corrected chi connectivity index (χ2v) is 10.6. The second kappa shape index (κ2) is 7.40. The first-order valence-electron chi connectivity index (χ1n) is 9.16. The quantitative estimate of drug-likeness (QED) is 0.693. The molecule has 1 aromatic rings. The SMILES string of the molecule is O=C(CCNC(=O)[C@@H]1CS[C@H]2c3ccccc3C(=O)N12)N[C@@H]1CCS(=O)(=O)C1. The van der Waals surface area contributed by atoms with Gasteiger partial charge in [-0.05, 0) is 18.1 Å². The van der Waals surface area contributed by atoms with Gasteiger partial charge in [0.2, 0.25) is 11.8 Å². The maximum atomic E-state index is 12.6. The summed E-state index contributed by atoms with van der Waals surface area (Å²) in [4.78, 5) is 38.8. The van der Waals surface area contributed by atoms with E-state index in [-0.39, 0.29) is 53.6 Å². The van der Waals surface area contributed by atoms with Gasteiger partial charge in [-0.1, -0.05) is 18.2 Å². The molecule has 0 unspecified atom stereocenters. The van der Waals surface area contributed by atoms with Crippen LogP contribution in [0.1, 0.15) is 34.1 Å². The Hall–Kier alpha value is -2.07. The van der Waals surface area contributed by atoms with E-state index in [9.17, 15) is 22.8 Å². The second-order valence-electron chi connectivity index (χ2n) is 7.21. The number of amides is 3. The standard InChI is InChI=1S/C18H21N3O5S2/c22-15(20-11-6-8-28(25,26)10-11)5-7-19-16(23)14-9-27-18-13-4-2-1-3-12(13)17(24)21(14)18/h1-4,11,14,18H,5-10H2,(H,19,23)(H,20,22)/t11-,14+,18+/m1/s1. The maximum absolute atomic E-state index is 12.6. The summed E-state index contributed by atoms with van der Waals surface area (Å²) in [7, 11) is -3.05. The van der Waals surface area contributed by atoms with Gasteiger partial charge in [-0.3, -0.25) is 14.4 Å². The summed E-state index contributed by atoms with van der Waals surface area (Å²) < 4.78 is 22.9. The van der Waals surface area contributed by atoms with E-state index in [0.29, 0.717) is 17.7 Å². The maximum Gasteiger partial charge on any atom is 0.256 e. The largest absolute Gasteiger partial charge is 0.354 e. The van der Waals surface area contributed by atoms with Crippen LogP contribution in [0.2, 0.25) is 0 Å². The van der Waals surface area contributed by atoms with Gasteiger partial charge in [0.25, 0.3) is 5.91 Å². The van der Waals surface area contributed by atoms with Crippen molar-refractivity contribution in [3.63, 3.8) is 0 Å². The number of hydrogen-bond donors (Lipinski definition) is 2. The van der Waals surface area contributed by atoms with E-state index < -0.39 is 15.9 Å². The normalized spacial score (nSPS) is 27.4. The lowest BCUT2D eigenvalue weighted by molar-refractivity contribution is -0.125. The highest BCUT2D eigenvalue weighted by Crippen LogP contribution is 2.47. The fraction of sp³-hybridized carbons (Fsp3) is 0.500. The summed E-state index contributed by atoms with van der Waals surface area (Å²) >= 11 is 1.56. The Labute approximate surface area is 167 Å². The first kappa shape index (κ1) is 19.3. The topological polar surface area (TPSA) is 113 Å². The van der Waals surface area contributed by atoms with E-state index in [4.69, 9.17) is 0 Å². The third-order valence-electron chi connectivity index (χ3n) is 5.24. The minimum Gasteiger partial charge on any atom is -0.354 e. The van der Waals surface area contributed by atoms with Crippen molar-refractivity contribution in [2.45, 2.75) is 30.3 Å². The molecule has 3 atom stereocenters. The van der Waals surface area contributed by atoms with Crippen LogP contribution in [0.4, 0.5) is 0 Å². The zero-order chi connectivity index (χ0) is 19.9. The molecule has 0 saturated carbocycles. The fourth-order valence-electron chi connectivity index (χ4n) is 3.87. The molecule has 0 radical (unpaired) electrons. The summed E-state index contributed by atoms with van der Waals surface area (Å²) in [6.45, 7) is 0.144. The highest BCUT2D eigenvalue weighted by molar-refractivity contribution is 7.99. The molecule has 2 saturated heterocycles. The Balaban J connectivity index is 1.27. The Morgan fingerprint density at radius 1 is 1.25 bits per heavy atom. The minimum atomic E-state index is -3.05. The van der Waals surface area contributed by atoms with E-state index in [1.54, 1.807) is 22.7 Å². The number of carbonyl (C=O) groups is 3. The van der Waals surface area contributed by atoms with Gasteiger partial charge in [0.05, 0.1) is 11.5 Å². The number of thioether (sulfide) groups is 1. The fourth-order valence-corrected chi connectivity index (χ4v) is 7.01. The third kappa shape index (κ3) is 3.62. The van der Waals surface area contributed by atoms with E-state index in [1.807, 2.05) is 18.2 Å². The van der Waals surface area contributed by atoms with Crippen molar-refractivity contribution in [2.24, 2.45) is 0 Å². The number of nitrogens with zero attached hydrogens (tertiary/aromatic N) is 1. The van der Waals surface area contributed by atoms with Crippen LogP contribution >= 0.6 is 11.8 Å². The van der Waals surface area contributed by atoms with Gasteiger partial charge in [-0.15, -0.1) is 11.8 Å².